The topological polar surface area (TPSA) is 38.7 Å². The van der Waals surface area contributed by atoms with Gasteiger partial charge in [-0.25, -0.2) is 0 Å². The highest BCUT2D eigenvalue weighted by atomic mass is 16.5. The summed E-state index contributed by atoms with van der Waals surface area (Å²) in [7, 11) is 0. The molecule has 0 radical (unpaired) electrons. The van der Waals surface area contributed by atoms with E-state index >= 15 is 0 Å². The summed E-state index contributed by atoms with van der Waals surface area (Å²) in [4.78, 5) is 0. The lowest BCUT2D eigenvalue weighted by molar-refractivity contribution is 0.0265. The van der Waals surface area contributed by atoms with Crippen LogP contribution in [0.5, 0.6) is 0 Å². The van der Waals surface area contributed by atoms with E-state index in [9.17, 15) is 0 Å². The molecule has 0 saturated carbocycles. The van der Waals surface area contributed by atoms with Crippen LogP contribution in [0.15, 0.2) is 12.8 Å². The monoisotopic (exact) mass is 146 g/mol. The van der Waals surface area contributed by atoms with Crippen LogP contribution in [0.4, 0.5) is 0 Å². The van der Waals surface area contributed by atoms with Crippen LogP contribution in [-0.4, -0.2) is 31.0 Å². The maximum Gasteiger partial charge on any atom is 0.111 e. The van der Waals surface area contributed by atoms with E-state index in [2.05, 4.69) is 6.58 Å². The molecule has 0 amide bonds. The zero-order valence-electron chi connectivity index (χ0n) is 6.25. The normalized spacial score (nSPS) is 12.6. The lowest BCUT2D eigenvalue weighted by atomic mass is 10.4. The van der Waals surface area contributed by atoms with Crippen LogP contribution in [0.3, 0.4) is 0 Å². The lowest BCUT2D eigenvalue weighted by Crippen LogP contribution is -2.12. The van der Waals surface area contributed by atoms with Gasteiger partial charge in [0, 0.05) is 0 Å². The van der Waals surface area contributed by atoms with Crippen molar-refractivity contribution >= 4 is 0 Å². The van der Waals surface area contributed by atoms with Gasteiger partial charge in [0.1, 0.15) is 6.61 Å². The van der Waals surface area contributed by atoms with Crippen molar-refractivity contribution in [1.29, 1.82) is 0 Å². The van der Waals surface area contributed by atoms with E-state index in [0.717, 1.165) is 0 Å². The first kappa shape index (κ1) is 9.46. The predicted octanol–water partition coefficient (Wildman–Crippen LogP) is 0.544. The summed E-state index contributed by atoms with van der Waals surface area (Å²) in [5, 5.41) is 8.72. The highest BCUT2D eigenvalue weighted by molar-refractivity contribution is 4.48. The summed E-state index contributed by atoms with van der Waals surface area (Å²) in [6.45, 7) is 6.40. The van der Waals surface area contributed by atoms with Crippen molar-refractivity contribution in [3.63, 3.8) is 0 Å². The Morgan fingerprint density at radius 2 is 2.30 bits per heavy atom. The first-order valence-electron chi connectivity index (χ1n) is 3.25. The molecule has 0 spiro atoms. The molecule has 0 aromatic carbocycles. The molecule has 3 heteroatoms. The van der Waals surface area contributed by atoms with Crippen molar-refractivity contribution in [1.82, 2.24) is 0 Å². The SMILES string of the molecule is C=COCCOCC(C)O. The second-order valence-electron chi connectivity index (χ2n) is 1.96. The van der Waals surface area contributed by atoms with Gasteiger partial charge in [0.25, 0.3) is 0 Å². The number of aliphatic hydroxyl groups is 1. The van der Waals surface area contributed by atoms with Crippen molar-refractivity contribution in [2.75, 3.05) is 19.8 Å². The fourth-order valence-electron chi connectivity index (χ4n) is 0.444. The van der Waals surface area contributed by atoms with Gasteiger partial charge in [-0.15, -0.1) is 0 Å². The molecule has 10 heavy (non-hydrogen) atoms. The van der Waals surface area contributed by atoms with Gasteiger partial charge in [0.2, 0.25) is 0 Å². The van der Waals surface area contributed by atoms with E-state index in [0.29, 0.717) is 19.8 Å². The molecule has 0 aliphatic carbocycles. The van der Waals surface area contributed by atoms with Crippen molar-refractivity contribution in [2.24, 2.45) is 0 Å². The minimum atomic E-state index is -0.399. The van der Waals surface area contributed by atoms with Crippen molar-refractivity contribution < 1.29 is 14.6 Å². The van der Waals surface area contributed by atoms with Crippen LogP contribution in [-0.2, 0) is 9.47 Å². The highest BCUT2D eigenvalue weighted by Gasteiger charge is 1.93. The molecular formula is C7H14O3. The lowest BCUT2D eigenvalue weighted by Gasteiger charge is -2.04. The van der Waals surface area contributed by atoms with Crippen LogP contribution in [0.25, 0.3) is 0 Å². The van der Waals surface area contributed by atoms with E-state index in [1.807, 2.05) is 0 Å². The molecule has 0 rings (SSSR count). The van der Waals surface area contributed by atoms with Crippen LogP contribution in [0.1, 0.15) is 6.92 Å². The van der Waals surface area contributed by atoms with Gasteiger partial charge in [0.05, 0.1) is 25.6 Å². The predicted molar refractivity (Wildman–Crippen MR) is 38.6 cm³/mol. The van der Waals surface area contributed by atoms with E-state index < -0.39 is 6.10 Å². The summed E-state index contributed by atoms with van der Waals surface area (Å²) in [5.74, 6) is 0. The third kappa shape index (κ3) is 7.46. The Kier molecular flexibility index (Phi) is 6.22. The Bertz CT molecular complexity index is 80.9. The Hall–Kier alpha value is -0.540. The fourth-order valence-corrected chi connectivity index (χ4v) is 0.444. The molecule has 0 fully saturated rings. The second-order valence-corrected chi connectivity index (χ2v) is 1.96. The average molecular weight is 146 g/mol. The Morgan fingerprint density at radius 3 is 2.80 bits per heavy atom. The van der Waals surface area contributed by atoms with Gasteiger partial charge in [-0.2, -0.15) is 0 Å². The van der Waals surface area contributed by atoms with E-state index in [1.165, 1.54) is 6.26 Å². The minimum Gasteiger partial charge on any atom is -0.499 e. The summed E-state index contributed by atoms with van der Waals surface area (Å²) in [5.41, 5.74) is 0. The number of hydrogen-bond donors (Lipinski definition) is 1. The van der Waals surface area contributed by atoms with Gasteiger partial charge in [-0.3, -0.25) is 0 Å². The largest absolute Gasteiger partial charge is 0.499 e. The molecule has 0 aromatic heterocycles. The van der Waals surface area contributed by atoms with Gasteiger partial charge in [-0.1, -0.05) is 6.58 Å². The summed E-state index contributed by atoms with van der Waals surface area (Å²) in [6.07, 6.45) is 0.967. The summed E-state index contributed by atoms with van der Waals surface area (Å²) < 4.78 is 9.75. The van der Waals surface area contributed by atoms with Gasteiger partial charge in [0.15, 0.2) is 0 Å². The van der Waals surface area contributed by atoms with Crippen LogP contribution in [0.2, 0.25) is 0 Å². The molecule has 0 aromatic rings. The Morgan fingerprint density at radius 1 is 1.60 bits per heavy atom. The van der Waals surface area contributed by atoms with Crippen LogP contribution < -0.4 is 0 Å². The first-order chi connectivity index (χ1) is 4.77. The quantitative estimate of drug-likeness (QED) is 0.439. The zero-order chi connectivity index (χ0) is 7.82. The van der Waals surface area contributed by atoms with Gasteiger partial charge >= 0.3 is 0 Å². The molecule has 3 nitrogen and oxygen atoms in total. The summed E-state index contributed by atoms with van der Waals surface area (Å²) >= 11 is 0. The molecule has 0 aliphatic heterocycles. The average Bonchev–Trinajstić information content (AvgIpc) is 1.87. The van der Waals surface area contributed by atoms with Crippen molar-refractivity contribution in [3.05, 3.63) is 12.8 Å². The summed E-state index contributed by atoms with van der Waals surface area (Å²) in [6, 6.07) is 0. The Labute approximate surface area is 61.3 Å². The molecular weight excluding hydrogens is 132 g/mol. The Balaban J connectivity index is 2.83. The standard InChI is InChI=1S/C7H14O3/c1-3-9-4-5-10-6-7(2)8/h3,7-8H,1,4-6H2,2H3. The third-order valence-corrected chi connectivity index (χ3v) is 0.822. The number of rotatable bonds is 6. The molecule has 0 saturated heterocycles. The smallest absolute Gasteiger partial charge is 0.111 e. The number of aliphatic hydroxyl groups excluding tert-OH is 1. The number of ether oxygens (including phenoxy) is 2. The third-order valence-electron chi connectivity index (χ3n) is 0.822. The van der Waals surface area contributed by atoms with E-state index in [4.69, 9.17) is 14.6 Å². The molecule has 1 atom stereocenters. The maximum atomic E-state index is 8.72. The maximum absolute atomic E-state index is 8.72. The molecule has 1 N–H and O–H groups in total. The number of hydrogen-bond acceptors (Lipinski definition) is 3. The van der Waals surface area contributed by atoms with E-state index in [-0.39, 0.29) is 0 Å². The van der Waals surface area contributed by atoms with Crippen molar-refractivity contribution in [2.45, 2.75) is 13.0 Å². The van der Waals surface area contributed by atoms with Gasteiger partial charge < -0.3 is 14.6 Å². The zero-order valence-corrected chi connectivity index (χ0v) is 6.25. The molecule has 0 bridgehead atoms. The first-order valence-corrected chi connectivity index (χ1v) is 3.25. The van der Waals surface area contributed by atoms with Crippen LogP contribution in [0, 0.1) is 0 Å². The van der Waals surface area contributed by atoms with Crippen molar-refractivity contribution in [3.8, 4) is 0 Å². The molecule has 0 heterocycles. The molecule has 1 unspecified atom stereocenters. The van der Waals surface area contributed by atoms with Crippen LogP contribution >= 0.6 is 0 Å². The van der Waals surface area contributed by atoms with Gasteiger partial charge in [-0.05, 0) is 6.92 Å². The second kappa shape index (κ2) is 6.58. The fraction of sp³-hybridized carbons (Fsp3) is 0.714. The molecule has 60 valence electrons. The van der Waals surface area contributed by atoms with E-state index in [1.54, 1.807) is 6.92 Å². The minimum absolute atomic E-state index is 0.362. The highest BCUT2D eigenvalue weighted by Crippen LogP contribution is 1.83. The molecule has 0 aliphatic rings.